The van der Waals surface area contributed by atoms with Crippen LogP contribution in [0.25, 0.3) is 22.3 Å². The molecule has 0 radical (unpaired) electrons. The SMILES string of the molecule is Nc1ncnc2c1c(-c1cnc(NC(=O)Nc3cc(C4(C(F)(F)F)CC4)no3)nc1)nn2C1CC1. The molecule has 4 aromatic heterocycles. The molecule has 15 heteroatoms. The summed E-state index contributed by atoms with van der Waals surface area (Å²) in [5, 5.41) is 13.4. The van der Waals surface area contributed by atoms with E-state index in [2.05, 4.69) is 40.8 Å². The van der Waals surface area contributed by atoms with E-state index in [0.717, 1.165) is 18.9 Å². The van der Waals surface area contributed by atoms with E-state index in [4.69, 9.17) is 10.3 Å². The largest absolute Gasteiger partial charge is 0.400 e. The van der Waals surface area contributed by atoms with E-state index in [1.807, 2.05) is 4.68 Å². The number of anilines is 3. The zero-order valence-electron chi connectivity index (χ0n) is 17.9. The van der Waals surface area contributed by atoms with Crippen LogP contribution in [0.4, 0.5) is 35.6 Å². The van der Waals surface area contributed by atoms with Gasteiger partial charge in [-0.05, 0) is 25.7 Å². The Kier molecular flexibility index (Phi) is 4.46. The summed E-state index contributed by atoms with van der Waals surface area (Å²) in [6.45, 7) is 0. The summed E-state index contributed by atoms with van der Waals surface area (Å²) in [7, 11) is 0. The topological polar surface area (TPSA) is 163 Å². The number of nitrogens with one attached hydrogen (secondary N) is 2. The summed E-state index contributed by atoms with van der Waals surface area (Å²) in [6.07, 6.45) is 1.73. The van der Waals surface area contributed by atoms with E-state index in [1.165, 1.54) is 18.7 Å². The lowest BCUT2D eigenvalue weighted by atomic mass is 10.0. The highest BCUT2D eigenvalue weighted by Crippen LogP contribution is 2.58. The predicted octanol–water partition coefficient (Wildman–Crippen LogP) is 3.43. The molecule has 2 aliphatic rings. The number of nitrogens with zero attached hydrogens (tertiary/aromatic N) is 7. The van der Waals surface area contributed by atoms with Gasteiger partial charge in [-0.25, -0.2) is 29.4 Å². The van der Waals surface area contributed by atoms with E-state index in [9.17, 15) is 18.0 Å². The molecule has 4 N–H and O–H groups in total. The van der Waals surface area contributed by atoms with Gasteiger partial charge in [0.1, 0.15) is 28.9 Å². The minimum Gasteiger partial charge on any atom is -0.383 e. The van der Waals surface area contributed by atoms with Crippen LogP contribution in [-0.2, 0) is 5.41 Å². The molecule has 0 atom stereocenters. The van der Waals surface area contributed by atoms with E-state index >= 15 is 0 Å². The van der Waals surface area contributed by atoms with Crippen molar-refractivity contribution in [3.05, 3.63) is 30.5 Å². The van der Waals surface area contributed by atoms with Gasteiger partial charge in [-0.15, -0.1) is 0 Å². The molecule has 0 bridgehead atoms. The summed E-state index contributed by atoms with van der Waals surface area (Å²) in [4.78, 5) is 28.8. The van der Waals surface area contributed by atoms with Gasteiger partial charge in [0.2, 0.25) is 11.8 Å². The molecule has 0 saturated heterocycles. The molecule has 2 amide bonds. The first kappa shape index (κ1) is 21.2. The van der Waals surface area contributed by atoms with Crippen molar-refractivity contribution < 1.29 is 22.5 Å². The van der Waals surface area contributed by atoms with Crippen molar-refractivity contribution in [3.63, 3.8) is 0 Å². The maximum absolute atomic E-state index is 13.2. The van der Waals surface area contributed by atoms with Gasteiger partial charge in [0.05, 0.1) is 11.4 Å². The second-order valence-corrected chi connectivity index (χ2v) is 8.51. The zero-order valence-corrected chi connectivity index (χ0v) is 17.9. The predicted molar refractivity (Wildman–Crippen MR) is 115 cm³/mol. The molecule has 6 rings (SSSR count). The van der Waals surface area contributed by atoms with Gasteiger partial charge < -0.3 is 10.3 Å². The summed E-state index contributed by atoms with van der Waals surface area (Å²) in [6, 6.07) is 0.518. The number of rotatable bonds is 5. The number of urea groups is 1. The highest BCUT2D eigenvalue weighted by atomic mass is 19.4. The van der Waals surface area contributed by atoms with Gasteiger partial charge in [-0.3, -0.25) is 10.6 Å². The maximum atomic E-state index is 13.2. The fraction of sp³-hybridized carbons (Fsp3) is 0.350. The molecule has 2 aliphatic carbocycles. The van der Waals surface area contributed by atoms with E-state index < -0.39 is 17.6 Å². The molecule has 0 spiro atoms. The van der Waals surface area contributed by atoms with Crippen LogP contribution < -0.4 is 16.4 Å². The van der Waals surface area contributed by atoms with Crippen LogP contribution in [0.3, 0.4) is 0 Å². The van der Waals surface area contributed by atoms with Crippen molar-refractivity contribution in [2.45, 2.75) is 43.3 Å². The average molecular weight is 486 g/mol. The Labute approximate surface area is 194 Å². The molecule has 4 aromatic rings. The summed E-state index contributed by atoms with van der Waals surface area (Å²) >= 11 is 0. The molecule has 0 aromatic carbocycles. The number of amides is 2. The van der Waals surface area contributed by atoms with Crippen molar-refractivity contribution in [1.29, 1.82) is 0 Å². The number of carbonyl (C=O) groups is 1. The molecule has 0 aliphatic heterocycles. The third-order valence-electron chi connectivity index (χ3n) is 6.09. The maximum Gasteiger partial charge on any atom is 0.400 e. The van der Waals surface area contributed by atoms with Gasteiger partial charge >= 0.3 is 12.2 Å². The lowest BCUT2D eigenvalue weighted by molar-refractivity contribution is -0.161. The number of halogens is 3. The van der Waals surface area contributed by atoms with Crippen molar-refractivity contribution in [1.82, 2.24) is 34.9 Å². The smallest absolute Gasteiger partial charge is 0.383 e. The summed E-state index contributed by atoms with van der Waals surface area (Å²) in [5.74, 6) is 0.00992. The Morgan fingerprint density at radius 2 is 1.89 bits per heavy atom. The van der Waals surface area contributed by atoms with Gasteiger partial charge in [0.15, 0.2) is 5.65 Å². The quantitative estimate of drug-likeness (QED) is 0.383. The number of nitrogen functional groups attached to an aromatic ring is 1. The van der Waals surface area contributed by atoms with Crippen LogP contribution in [0.1, 0.15) is 37.4 Å². The minimum atomic E-state index is -4.43. The first-order chi connectivity index (χ1) is 16.7. The van der Waals surface area contributed by atoms with Gasteiger partial charge in [-0.1, -0.05) is 5.16 Å². The molecule has 2 fully saturated rings. The highest BCUT2D eigenvalue weighted by Gasteiger charge is 2.66. The Hall–Kier alpha value is -4.30. The van der Waals surface area contributed by atoms with Crippen LogP contribution in [0.2, 0.25) is 0 Å². The summed E-state index contributed by atoms with van der Waals surface area (Å²) < 4.78 is 46.4. The van der Waals surface area contributed by atoms with E-state index in [-0.39, 0.29) is 42.2 Å². The Bertz CT molecular complexity index is 1440. The zero-order chi connectivity index (χ0) is 24.4. The number of aromatic nitrogens is 7. The lowest BCUT2D eigenvalue weighted by Gasteiger charge is -2.15. The van der Waals surface area contributed by atoms with Crippen LogP contribution in [-0.4, -0.2) is 47.1 Å². The number of carbonyl (C=O) groups excluding carboxylic acids is 1. The third-order valence-corrected chi connectivity index (χ3v) is 6.09. The van der Waals surface area contributed by atoms with Crippen LogP contribution >= 0.6 is 0 Å². The number of alkyl halides is 3. The van der Waals surface area contributed by atoms with E-state index in [1.54, 1.807) is 0 Å². The molecular formula is C20H17F3N10O2. The fourth-order valence-corrected chi connectivity index (χ4v) is 3.90. The molecule has 2 saturated carbocycles. The first-order valence-corrected chi connectivity index (χ1v) is 10.7. The Balaban J connectivity index is 1.17. The second kappa shape index (κ2) is 7.35. The Morgan fingerprint density at radius 1 is 1.14 bits per heavy atom. The van der Waals surface area contributed by atoms with Crippen molar-refractivity contribution in [2.75, 3.05) is 16.4 Å². The Morgan fingerprint density at radius 3 is 2.54 bits per heavy atom. The second-order valence-electron chi connectivity index (χ2n) is 8.51. The average Bonchev–Trinajstić information content (AvgIpc) is 3.74. The van der Waals surface area contributed by atoms with Gasteiger partial charge in [-0.2, -0.15) is 18.3 Å². The van der Waals surface area contributed by atoms with Gasteiger partial charge in [0.25, 0.3) is 0 Å². The van der Waals surface area contributed by atoms with Crippen LogP contribution in [0, 0.1) is 0 Å². The minimum absolute atomic E-state index is 0.0462. The standard InChI is InChI=1S/C20H17F3N10O2/c21-20(22,23)19(3-4-19)11-5-12(35-32-11)29-18(34)30-17-25-6-9(7-26-17)14-13-15(24)27-8-28-16(13)33(31-14)10-1-2-10/h5-8,10H,1-4H2,(H2,24,27,28)(H2,25,26,29,30,34). The number of hydrogen-bond acceptors (Lipinski definition) is 9. The van der Waals surface area contributed by atoms with Gasteiger partial charge in [0, 0.05) is 24.0 Å². The number of fused-ring (bicyclic) bond motifs is 1. The number of nitrogens with two attached hydrogens (primary N) is 1. The lowest BCUT2D eigenvalue weighted by Crippen LogP contribution is -2.28. The fourth-order valence-electron chi connectivity index (χ4n) is 3.90. The van der Waals surface area contributed by atoms with E-state index in [0.29, 0.717) is 22.3 Å². The van der Waals surface area contributed by atoms with Crippen LogP contribution in [0.5, 0.6) is 0 Å². The normalized spacial score (nSPS) is 16.9. The molecule has 12 nitrogen and oxygen atoms in total. The molecular weight excluding hydrogens is 469 g/mol. The summed E-state index contributed by atoms with van der Waals surface area (Å²) in [5.41, 5.74) is 5.50. The van der Waals surface area contributed by atoms with Crippen molar-refractivity contribution in [2.24, 2.45) is 0 Å². The molecule has 35 heavy (non-hydrogen) atoms. The molecule has 180 valence electrons. The molecule has 0 unspecified atom stereocenters. The molecule has 4 heterocycles. The van der Waals surface area contributed by atoms with Crippen LogP contribution in [0.15, 0.2) is 29.3 Å². The van der Waals surface area contributed by atoms with Crippen molar-refractivity contribution in [3.8, 4) is 11.3 Å². The third kappa shape index (κ3) is 3.59. The monoisotopic (exact) mass is 486 g/mol. The van der Waals surface area contributed by atoms with Crippen molar-refractivity contribution >= 4 is 34.7 Å². The number of hydrogen-bond donors (Lipinski definition) is 3. The first-order valence-electron chi connectivity index (χ1n) is 10.7. The highest BCUT2D eigenvalue weighted by molar-refractivity contribution is 5.99.